The predicted octanol–water partition coefficient (Wildman–Crippen LogP) is 2.12. The van der Waals surface area contributed by atoms with Crippen LogP contribution >= 0.6 is 12.4 Å². The first-order chi connectivity index (χ1) is 5.85. The Hall–Kier alpha value is -0.280. The van der Waals surface area contributed by atoms with Gasteiger partial charge >= 0.3 is 5.97 Å². The molecule has 0 aromatic heterocycles. The first kappa shape index (κ1) is 16.2. The molecule has 2 N–H and O–H groups in total. The van der Waals surface area contributed by atoms with E-state index in [4.69, 9.17) is 10.5 Å². The average Bonchev–Trinajstić information content (AvgIpc) is 1.81. The normalized spacial score (nSPS) is 12.9. The number of carbonyl (C=O) groups is 1. The zero-order valence-corrected chi connectivity index (χ0v) is 10.3. The molecule has 0 rings (SSSR count). The Morgan fingerprint density at radius 2 is 1.93 bits per heavy atom. The first-order valence-electron chi connectivity index (χ1n) is 4.76. The third-order valence-corrected chi connectivity index (χ3v) is 1.61. The van der Waals surface area contributed by atoms with Crippen LogP contribution in [0.3, 0.4) is 0 Å². The molecule has 0 saturated heterocycles. The molecule has 0 spiro atoms. The Labute approximate surface area is 92.8 Å². The Bertz CT molecular complexity index is 166. The van der Waals surface area contributed by atoms with Gasteiger partial charge in [0.15, 0.2) is 0 Å². The summed E-state index contributed by atoms with van der Waals surface area (Å²) in [6.07, 6.45) is 1.16. The standard InChI is InChI=1S/C10H21NO2.ClH/c1-5-13-9(12)6-8(11)7-10(2,3)4;/h8H,5-7,11H2,1-4H3;1H. The molecule has 1 unspecified atom stereocenters. The quantitative estimate of drug-likeness (QED) is 0.743. The van der Waals surface area contributed by atoms with Crippen molar-refractivity contribution in [3.8, 4) is 0 Å². The van der Waals surface area contributed by atoms with E-state index in [1.54, 1.807) is 6.92 Å². The van der Waals surface area contributed by atoms with Crippen molar-refractivity contribution >= 4 is 18.4 Å². The van der Waals surface area contributed by atoms with E-state index in [1.807, 2.05) is 0 Å². The summed E-state index contributed by atoms with van der Waals surface area (Å²) in [6, 6.07) is -0.0842. The Kier molecular flexibility index (Phi) is 8.16. The minimum Gasteiger partial charge on any atom is -0.466 e. The molecule has 0 saturated carbocycles. The van der Waals surface area contributed by atoms with Gasteiger partial charge in [-0.05, 0) is 18.8 Å². The smallest absolute Gasteiger partial charge is 0.307 e. The molecule has 0 fully saturated rings. The average molecular weight is 224 g/mol. The summed E-state index contributed by atoms with van der Waals surface area (Å²) in [7, 11) is 0. The number of carbonyl (C=O) groups excluding carboxylic acids is 1. The zero-order chi connectivity index (χ0) is 10.5. The van der Waals surface area contributed by atoms with Gasteiger partial charge in [-0.3, -0.25) is 4.79 Å². The van der Waals surface area contributed by atoms with Gasteiger partial charge in [0, 0.05) is 6.04 Å². The summed E-state index contributed by atoms with van der Waals surface area (Å²) in [5.41, 5.74) is 5.96. The highest BCUT2D eigenvalue weighted by atomic mass is 35.5. The minimum absolute atomic E-state index is 0. The maximum atomic E-state index is 11.0. The predicted molar refractivity (Wildman–Crippen MR) is 60.5 cm³/mol. The van der Waals surface area contributed by atoms with E-state index in [9.17, 15) is 4.79 Å². The van der Waals surface area contributed by atoms with Crippen LogP contribution in [0.2, 0.25) is 0 Å². The summed E-state index contributed by atoms with van der Waals surface area (Å²) in [4.78, 5) is 11.0. The number of esters is 1. The zero-order valence-electron chi connectivity index (χ0n) is 9.50. The number of hydrogen-bond acceptors (Lipinski definition) is 3. The van der Waals surface area contributed by atoms with E-state index in [0.717, 1.165) is 6.42 Å². The molecule has 0 aromatic rings. The summed E-state index contributed by atoms with van der Waals surface area (Å²) in [5.74, 6) is -0.195. The third-order valence-electron chi connectivity index (χ3n) is 1.61. The molecule has 0 radical (unpaired) electrons. The van der Waals surface area contributed by atoms with Gasteiger partial charge in [-0.2, -0.15) is 0 Å². The summed E-state index contributed by atoms with van der Waals surface area (Å²) in [6.45, 7) is 8.56. The van der Waals surface area contributed by atoms with Crippen LogP contribution in [0.15, 0.2) is 0 Å². The van der Waals surface area contributed by atoms with Crippen molar-refractivity contribution in [2.45, 2.75) is 46.6 Å². The van der Waals surface area contributed by atoms with Crippen LogP contribution in [0.25, 0.3) is 0 Å². The maximum Gasteiger partial charge on any atom is 0.307 e. The second-order valence-electron chi connectivity index (χ2n) is 4.53. The van der Waals surface area contributed by atoms with Gasteiger partial charge in [-0.25, -0.2) is 0 Å². The van der Waals surface area contributed by atoms with Crippen LogP contribution in [-0.2, 0) is 9.53 Å². The van der Waals surface area contributed by atoms with E-state index in [2.05, 4.69) is 20.8 Å². The lowest BCUT2D eigenvalue weighted by Gasteiger charge is -2.22. The van der Waals surface area contributed by atoms with Crippen LogP contribution in [0, 0.1) is 5.41 Å². The number of rotatable bonds is 4. The van der Waals surface area contributed by atoms with Gasteiger partial charge in [0.1, 0.15) is 0 Å². The Morgan fingerprint density at radius 1 is 1.43 bits per heavy atom. The van der Waals surface area contributed by atoms with Crippen molar-refractivity contribution in [1.82, 2.24) is 0 Å². The van der Waals surface area contributed by atoms with Crippen molar-refractivity contribution in [3.63, 3.8) is 0 Å². The van der Waals surface area contributed by atoms with Crippen molar-refractivity contribution in [1.29, 1.82) is 0 Å². The fourth-order valence-corrected chi connectivity index (χ4v) is 1.29. The molecule has 0 aliphatic heterocycles. The maximum absolute atomic E-state index is 11.0. The lowest BCUT2D eigenvalue weighted by atomic mass is 9.87. The minimum atomic E-state index is -0.195. The van der Waals surface area contributed by atoms with Crippen LogP contribution in [0.5, 0.6) is 0 Å². The molecule has 1 atom stereocenters. The molecule has 4 heteroatoms. The van der Waals surface area contributed by atoms with Gasteiger partial charge in [0.05, 0.1) is 13.0 Å². The lowest BCUT2D eigenvalue weighted by Crippen LogP contribution is -2.29. The van der Waals surface area contributed by atoms with E-state index in [1.165, 1.54) is 0 Å². The van der Waals surface area contributed by atoms with E-state index >= 15 is 0 Å². The molecule has 0 aliphatic carbocycles. The van der Waals surface area contributed by atoms with Gasteiger partial charge < -0.3 is 10.5 Å². The first-order valence-corrected chi connectivity index (χ1v) is 4.76. The Morgan fingerprint density at radius 3 is 2.29 bits per heavy atom. The highest BCUT2D eigenvalue weighted by molar-refractivity contribution is 5.85. The number of nitrogens with two attached hydrogens (primary N) is 1. The lowest BCUT2D eigenvalue weighted by molar-refractivity contribution is -0.143. The molecular weight excluding hydrogens is 202 g/mol. The molecule has 0 heterocycles. The van der Waals surface area contributed by atoms with Crippen molar-refractivity contribution in [3.05, 3.63) is 0 Å². The summed E-state index contributed by atoms with van der Waals surface area (Å²) < 4.78 is 4.81. The molecule has 0 aromatic carbocycles. The highest BCUT2D eigenvalue weighted by Gasteiger charge is 2.18. The summed E-state index contributed by atoms with van der Waals surface area (Å²) in [5, 5.41) is 0. The van der Waals surface area contributed by atoms with E-state index < -0.39 is 0 Å². The fourth-order valence-electron chi connectivity index (χ4n) is 1.29. The SMILES string of the molecule is CCOC(=O)CC(N)CC(C)(C)C.Cl. The van der Waals surface area contributed by atoms with Gasteiger partial charge in [0.2, 0.25) is 0 Å². The van der Waals surface area contributed by atoms with Crippen molar-refractivity contribution in [2.24, 2.45) is 11.1 Å². The van der Waals surface area contributed by atoms with Crippen LogP contribution < -0.4 is 5.73 Å². The molecule has 0 aliphatic rings. The van der Waals surface area contributed by atoms with Crippen LogP contribution in [-0.4, -0.2) is 18.6 Å². The highest BCUT2D eigenvalue weighted by Crippen LogP contribution is 2.21. The molecule has 14 heavy (non-hydrogen) atoms. The summed E-state index contributed by atoms with van der Waals surface area (Å²) >= 11 is 0. The monoisotopic (exact) mass is 223 g/mol. The van der Waals surface area contributed by atoms with E-state index in [-0.39, 0.29) is 29.8 Å². The largest absolute Gasteiger partial charge is 0.466 e. The number of halogens is 1. The molecule has 3 nitrogen and oxygen atoms in total. The van der Waals surface area contributed by atoms with Crippen molar-refractivity contribution in [2.75, 3.05) is 6.61 Å². The molecule has 86 valence electrons. The molecular formula is C10H22ClNO2. The van der Waals surface area contributed by atoms with Gasteiger partial charge in [-0.1, -0.05) is 20.8 Å². The third kappa shape index (κ3) is 9.81. The van der Waals surface area contributed by atoms with Crippen molar-refractivity contribution < 1.29 is 9.53 Å². The number of hydrogen-bond donors (Lipinski definition) is 1. The van der Waals surface area contributed by atoms with Gasteiger partial charge in [-0.15, -0.1) is 12.4 Å². The Balaban J connectivity index is 0. The van der Waals surface area contributed by atoms with E-state index in [0.29, 0.717) is 13.0 Å². The number of ether oxygens (including phenoxy) is 1. The fraction of sp³-hybridized carbons (Fsp3) is 0.900. The second-order valence-corrected chi connectivity index (χ2v) is 4.53. The van der Waals surface area contributed by atoms with Gasteiger partial charge in [0.25, 0.3) is 0 Å². The van der Waals surface area contributed by atoms with Crippen LogP contribution in [0.1, 0.15) is 40.5 Å². The molecule has 0 amide bonds. The van der Waals surface area contributed by atoms with Crippen LogP contribution in [0.4, 0.5) is 0 Å². The molecule has 0 bridgehead atoms. The second kappa shape index (κ2) is 7.07. The topological polar surface area (TPSA) is 52.3 Å².